The number of nitrogens with one attached hydrogen (secondary N) is 1. The molecule has 18 heavy (non-hydrogen) atoms. The van der Waals surface area contributed by atoms with Gasteiger partial charge in [-0.3, -0.25) is 0 Å². The van der Waals surface area contributed by atoms with Crippen LogP contribution in [0.25, 0.3) is 0 Å². The third kappa shape index (κ3) is 2.47. The lowest BCUT2D eigenvalue weighted by Gasteiger charge is -2.10. The minimum Gasteiger partial charge on any atom is -0.308 e. The van der Waals surface area contributed by atoms with Crippen molar-refractivity contribution in [1.82, 2.24) is 10.3 Å². The number of hydrogen-bond acceptors (Lipinski definition) is 3. The summed E-state index contributed by atoms with van der Waals surface area (Å²) in [7, 11) is 0. The second kappa shape index (κ2) is 5.21. The van der Waals surface area contributed by atoms with Crippen LogP contribution < -0.4 is 5.32 Å². The molecule has 0 spiro atoms. The molecule has 0 unspecified atom stereocenters. The molecule has 0 fully saturated rings. The van der Waals surface area contributed by atoms with Gasteiger partial charge in [-0.25, -0.2) is 4.98 Å². The first kappa shape index (κ1) is 11.9. The van der Waals surface area contributed by atoms with Crippen LogP contribution in [0, 0.1) is 0 Å². The van der Waals surface area contributed by atoms with Crippen LogP contribution in [0.5, 0.6) is 0 Å². The number of hydrogen-bond donors (Lipinski definition) is 1. The molecule has 1 aliphatic carbocycles. The highest BCUT2D eigenvalue weighted by Crippen LogP contribution is 2.22. The summed E-state index contributed by atoms with van der Waals surface area (Å²) >= 11 is 1.83. The Kier molecular flexibility index (Phi) is 3.43. The molecule has 1 aromatic heterocycles. The van der Waals surface area contributed by atoms with E-state index in [4.69, 9.17) is 0 Å². The first-order valence-corrected chi connectivity index (χ1v) is 7.40. The first-order chi connectivity index (χ1) is 8.85. The Balaban J connectivity index is 1.57. The van der Waals surface area contributed by atoms with Crippen LogP contribution in [0.4, 0.5) is 0 Å². The zero-order valence-corrected chi connectivity index (χ0v) is 11.5. The van der Waals surface area contributed by atoms with E-state index in [2.05, 4.69) is 41.5 Å². The van der Waals surface area contributed by atoms with Crippen LogP contribution >= 0.6 is 11.3 Å². The Morgan fingerprint density at radius 3 is 2.61 bits per heavy atom. The molecule has 3 rings (SSSR count). The van der Waals surface area contributed by atoms with Crippen molar-refractivity contribution in [3.8, 4) is 0 Å². The van der Waals surface area contributed by atoms with Crippen LogP contribution in [0.1, 0.15) is 27.9 Å². The quantitative estimate of drug-likeness (QED) is 0.912. The van der Waals surface area contributed by atoms with E-state index in [0.29, 0.717) is 6.04 Å². The predicted molar refractivity (Wildman–Crippen MR) is 76.0 cm³/mol. The van der Waals surface area contributed by atoms with Gasteiger partial charge in [0.1, 0.15) is 0 Å². The summed E-state index contributed by atoms with van der Waals surface area (Å²) in [4.78, 5) is 5.75. The first-order valence-electron chi connectivity index (χ1n) is 6.59. The van der Waals surface area contributed by atoms with E-state index in [0.717, 1.165) is 25.8 Å². The fraction of sp³-hybridized carbons (Fsp3) is 0.400. The summed E-state index contributed by atoms with van der Waals surface area (Å²) in [5, 5.41) is 4.89. The average molecular weight is 258 g/mol. The Hall–Kier alpha value is -1.19. The van der Waals surface area contributed by atoms with Crippen molar-refractivity contribution in [2.24, 2.45) is 0 Å². The summed E-state index contributed by atoms with van der Waals surface area (Å²) in [6, 6.07) is 9.36. The number of aryl methyl sites for hydroxylation is 1. The minimum absolute atomic E-state index is 0.592. The van der Waals surface area contributed by atoms with Crippen molar-refractivity contribution in [3.05, 3.63) is 51.5 Å². The van der Waals surface area contributed by atoms with Crippen molar-refractivity contribution < 1.29 is 0 Å². The monoisotopic (exact) mass is 258 g/mol. The van der Waals surface area contributed by atoms with Gasteiger partial charge in [0.15, 0.2) is 0 Å². The molecule has 0 atom stereocenters. The topological polar surface area (TPSA) is 24.9 Å². The van der Waals surface area contributed by atoms with Crippen molar-refractivity contribution >= 4 is 11.3 Å². The van der Waals surface area contributed by atoms with Crippen LogP contribution in [0.3, 0.4) is 0 Å². The highest BCUT2D eigenvalue weighted by molar-refractivity contribution is 7.11. The van der Waals surface area contributed by atoms with E-state index in [-0.39, 0.29) is 0 Å². The highest BCUT2D eigenvalue weighted by atomic mass is 32.1. The molecular weight excluding hydrogens is 240 g/mol. The lowest BCUT2D eigenvalue weighted by Crippen LogP contribution is -2.28. The van der Waals surface area contributed by atoms with E-state index < -0.39 is 0 Å². The van der Waals surface area contributed by atoms with Crippen LogP contribution in [0.15, 0.2) is 30.5 Å². The van der Waals surface area contributed by atoms with E-state index in [1.54, 1.807) is 0 Å². The largest absolute Gasteiger partial charge is 0.308 e. The second-order valence-electron chi connectivity index (χ2n) is 4.83. The maximum absolute atomic E-state index is 4.40. The molecule has 1 aromatic carbocycles. The van der Waals surface area contributed by atoms with Gasteiger partial charge in [-0.1, -0.05) is 31.2 Å². The maximum atomic E-state index is 4.40. The SMILES string of the molecule is CCc1ncc(CNC2Cc3ccccc3C2)s1. The molecule has 1 heterocycles. The zero-order valence-electron chi connectivity index (χ0n) is 10.6. The molecular formula is C15H18N2S. The number of thiazole rings is 1. The highest BCUT2D eigenvalue weighted by Gasteiger charge is 2.20. The van der Waals surface area contributed by atoms with Crippen molar-refractivity contribution in [2.45, 2.75) is 38.8 Å². The molecule has 2 nitrogen and oxygen atoms in total. The molecule has 2 aromatic rings. The van der Waals surface area contributed by atoms with E-state index in [1.807, 2.05) is 17.5 Å². The smallest absolute Gasteiger partial charge is 0.0925 e. The van der Waals surface area contributed by atoms with Gasteiger partial charge in [-0.2, -0.15) is 0 Å². The standard InChI is InChI=1S/C15H18N2S/c1-2-15-17-10-14(18-15)9-16-13-7-11-5-3-4-6-12(11)8-13/h3-6,10,13,16H,2,7-9H2,1H3. The van der Waals surface area contributed by atoms with Crippen molar-refractivity contribution in [2.75, 3.05) is 0 Å². The fourth-order valence-corrected chi connectivity index (χ4v) is 3.35. The zero-order chi connectivity index (χ0) is 12.4. The number of benzene rings is 1. The van der Waals surface area contributed by atoms with Gasteiger partial charge in [0.25, 0.3) is 0 Å². The van der Waals surface area contributed by atoms with Crippen molar-refractivity contribution in [1.29, 1.82) is 0 Å². The fourth-order valence-electron chi connectivity index (χ4n) is 2.54. The van der Waals surface area contributed by atoms with Crippen molar-refractivity contribution in [3.63, 3.8) is 0 Å². The van der Waals surface area contributed by atoms with Crippen LogP contribution in [-0.4, -0.2) is 11.0 Å². The Morgan fingerprint density at radius 2 is 2.00 bits per heavy atom. The van der Waals surface area contributed by atoms with Gasteiger partial charge in [0.05, 0.1) is 5.01 Å². The molecule has 0 bridgehead atoms. The predicted octanol–water partition coefficient (Wildman–Crippen LogP) is 2.96. The summed E-state index contributed by atoms with van der Waals surface area (Å²) in [6.45, 7) is 3.11. The minimum atomic E-state index is 0.592. The maximum Gasteiger partial charge on any atom is 0.0925 e. The third-order valence-electron chi connectivity index (χ3n) is 3.52. The second-order valence-corrected chi connectivity index (χ2v) is 6.03. The summed E-state index contributed by atoms with van der Waals surface area (Å²) < 4.78 is 0. The van der Waals surface area contributed by atoms with Gasteiger partial charge in [0.2, 0.25) is 0 Å². The van der Waals surface area contributed by atoms with Gasteiger partial charge < -0.3 is 5.32 Å². The van der Waals surface area contributed by atoms with E-state index in [9.17, 15) is 0 Å². The molecule has 3 heteroatoms. The number of rotatable bonds is 4. The van der Waals surface area contributed by atoms with E-state index in [1.165, 1.54) is 21.0 Å². The van der Waals surface area contributed by atoms with Gasteiger partial charge in [-0.05, 0) is 30.4 Å². The third-order valence-corrected chi connectivity index (χ3v) is 4.66. The average Bonchev–Trinajstić information content (AvgIpc) is 3.02. The van der Waals surface area contributed by atoms with E-state index >= 15 is 0 Å². The molecule has 1 aliphatic rings. The van der Waals surface area contributed by atoms with Gasteiger partial charge in [0, 0.05) is 23.7 Å². The van der Waals surface area contributed by atoms with Crippen LogP contribution in [-0.2, 0) is 25.8 Å². The lowest BCUT2D eigenvalue weighted by atomic mass is 10.1. The molecule has 0 saturated carbocycles. The van der Waals surface area contributed by atoms with Gasteiger partial charge in [-0.15, -0.1) is 11.3 Å². The number of fused-ring (bicyclic) bond motifs is 1. The Labute approximate surface area is 112 Å². The summed E-state index contributed by atoms with van der Waals surface area (Å²) in [6.07, 6.45) is 5.38. The summed E-state index contributed by atoms with van der Waals surface area (Å²) in [5.74, 6) is 0. The Morgan fingerprint density at radius 1 is 1.28 bits per heavy atom. The van der Waals surface area contributed by atoms with Crippen LogP contribution in [0.2, 0.25) is 0 Å². The number of aromatic nitrogens is 1. The normalized spacial score (nSPS) is 14.9. The lowest BCUT2D eigenvalue weighted by molar-refractivity contribution is 0.536. The molecule has 0 aliphatic heterocycles. The Bertz CT molecular complexity index is 508. The molecule has 94 valence electrons. The number of nitrogens with zero attached hydrogens (tertiary/aromatic N) is 1. The molecule has 0 amide bonds. The molecule has 0 radical (unpaired) electrons. The van der Waals surface area contributed by atoms with Gasteiger partial charge >= 0.3 is 0 Å². The molecule has 0 saturated heterocycles. The summed E-state index contributed by atoms with van der Waals surface area (Å²) in [5.41, 5.74) is 3.02. The molecule has 1 N–H and O–H groups in total.